The highest BCUT2D eigenvalue weighted by Gasteiger charge is 2.26. The first-order chi connectivity index (χ1) is 10.9. The average Bonchev–Trinajstić information content (AvgIpc) is 2.49. The number of rotatable bonds is 6. The summed E-state index contributed by atoms with van der Waals surface area (Å²) in [4.78, 5) is 25.0. The van der Waals surface area contributed by atoms with Gasteiger partial charge in [0.25, 0.3) is 5.69 Å². The second-order valence-corrected chi connectivity index (χ2v) is 5.81. The van der Waals surface area contributed by atoms with Crippen LogP contribution in [-0.4, -0.2) is 58.5 Å². The molecule has 1 fully saturated rings. The molecule has 134 valence electrons. The van der Waals surface area contributed by atoms with Gasteiger partial charge in [0, 0.05) is 18.7 Å². The number of likely N-dealkylation sites (N-methyl/N-ethyl adjacent to an activating group) is 1. The van der Waals surface area contributed by atoms with Crippen LogP contribution in [-0.2, 0) is 11.3 Å². The highest BCUT2D eigenvalue weighted by atomic mass is 35.5. The molecule has 0 spiro atoms. The molecule has 0 radical (unpaired) electrons. The molecule has 0 atom stereocenters. The van der Waals surface area contributed by atoms with E-state index in [0.717, 1.165) is 12.8 Å². The molecule has 0 unspecified atom stereocenters. The summed E-state index contributed by atoms with van der Waals surface area (Å²) in [6.45, 7) is 1.49. The van der Waals surface area contributed by atoms with Crippen molar-refractivity contribution in [2.45, 2.75) is 25.4 Å². The minimum atomic E-state index is -0.864. The number of nitro benzene ring substituents is 1. The van der Waals surface area contributed by atoms with Crippen molar-refractivity contribution in [2.75, 3.05) is 26.7 Å². The normalized spacial score (nSPS) is 16.0. The lowest BCUT2D eigenvalue weighted by Crippen LogP contribution is -2.44. The Morgan fingerprint density at radius 3 is 2.62 bits per heavy atom. The topological polar surface area (TPSA) is 86.9 Å². The van der Waals surface area contributed by atoms with E-state index in [1.54, 1.807) is 11.9 Å². The molecule has 0 aromatic heterocycles. The largest absolute Gasteiger partial charge is 0.480 e. The van der Waals surface area contributed by atoms with Gasteiger partial charge in [-0.1, -0.05) is 6.07 Å². The van der Waals surface area contributed by atoms with Gasteiger partial charge >= 0.3 is 5.97 Å². The van der Waals surface area contributed by atoms with Crippen LogP contribution < -0.4 is 0 Å². The molecule has 1 aromatic carbocycles. The van der Waals surface area contributed by atoms with Gasteiger partial charge in [0.2, 0.25) is 0 Å². The molecule has 1 heterocycles. The summed E-state index contributed by atoms with van der Waals surface area (Å²) in [7, 11) is 1.77. The fraction of sp³-hybridized carbons (Fsp3) is 0.533. The number of hydrogen-bond acceptors (Lipinski definition) is 5. The van der Waals surface area contributed by atoms with Gasteiger partial charge in [-0.15, -0.1) is 12.4 Å². The maximum absolute atomic E-state index is 13.9. The summed E-state index contributed by atoms with van der Waals surface area (Å²) in [5, 5.41) is 19.8. The molecular weight excluding hydrogens is 341 g/mol. The van der Waals surface area contributed by atoms with Gasteiger partial charge in [-0.05, 0) is 39.0 Å². The molecule has 1 N–H and O–H groups in total. The molecule has 9 heteroatoms. The summed E-state index contributed by atoms with van der Waals surface area (Å²) >= 11 is 0. The molecule has 2 rings (SSSR count). The Labute approximate surface area is 145 Å². The summed E-state index contributed by atoms with van der Waals surface area (Å²) in [6, 6.07) is 4.05. The fourth-order valence-corrected chi connectivity index (χ4v) is 2.96. The summed E-state index contributed by atoms with van der Waals surface area (Å²) < 4.78 is 13.9. The number of carbonyl (C=O) groups is 1. The first-order valence-corrected chi connectivity index (χ1v) is 7.44. The van der Waals surface area contributed by atoms with E-state index in [0.29, 0.717) is 13.1 Å². The zero-order valence-corrected chi connectivity index (χ0v) is 14.2. The van der Waals surface area contributed by atoms with E-state index in [2.05, 4.69) is 0 Å². The third-order valence-corrected chi connectivity index (χ3v) is 4.24. The molecule has 1 aliphatic heterocycles. The van der Waals surface area contributed by atoms with Gasteiger partial charge in [-0.3, -0.25) is 24.7 Å². The minimum absolute atomic E-state index is 0. The molecule has 1 aliphatic rings. The van der Waals surface area contributed by atoms with Gasteiger partial charge in [-0.2, -0.15) is 0 Å². The Balaban J connectivity index is 0.00000288. The SMILES string of the molecule is CN(CC(=O)O)C1CCN(Cc2c(F)cccc2[N+](=O)[O-])CC1.Cl. The molecule has 1 aromatic rings. The number of nitro groups is 1. The van der Waals surface area contributed by atoms with Gasteiger partial charge in [-0.25, -0.2) is 4.39 Å². The summed E-state index contributed by atoms with van der Waals surface area (Å²) in [5.41, 5.74) is -0.0926. The zero-order valence-electron chi connectivity index (χ0n) is 13.4. The van der Waals surface area contributed by atoms with Crippen molar-refractivity contribution in [3.05, 3.63) is 39.7 Å². The Morgan fingerprint density at radius 2 is 2.08 bits per heavy atom. The van der Waals surface area contributed by atoms with Crippen molar-refractivity contribution in [2.24, 2.45) is 0 Å². The predicted molar refractivity (Wildman–Crippen MR) is 88.9 cm³/mol. The van der Waals surface area contributed by atoms with Crippen LogP contribution in [0.15, 0.2) is 18.2 Å². The Morgan fingerprint density at radius 1 is 1.46 bits per heavy atom. The van der Waals surface area contributed by atoms with Gasteiger partial charge in [0.1, 0.15) is 5.82 Å². The van der Waals surface area contributed by atoms with Gasteiger partial charge < -0.3 is 5.11 Å². The van der Waals surface area contributed by atoms with Crippen LogP contribution in [0, 0.1) is 15.9 Å². The molecular formula is C15H21ClFN3O4. The van der Waals surface area contributed by atoms with Gasteiger partial charge in [0.15, 0.2) is 0 Å². The average molecular weight is 362 g/mol. The number of halogens is 2. The Bertz CT molecular complexity index is 594. The lowest BCUT2D eigenvalue weighted by molar-refractivity contribution is -0.386. The highest BCUT2D eigenvalue weighted by molar-refractivity contribution is 5.85. The van der Waals surface area contributed by atoms with Crippen LogP contribution in [0.25, 0.3) is 0 Å². The number of nitrogens with zero attached hydrogens (tertiary/aromatic N) is 3. The van der Waals surface area contributed by atoms with Crippen LogP contribution in [0.3, 0.4) is 0 Å². The standard InChI is InChI=1S/C15H20FN3O4.ClH/c1-17(10-15(20)21)11-5-7-18(8-6-11)9-12-13(16)3-2-4-14(12)19(22)23;/h2-4,11H,5-10H2,1H3,(H,20,21);1H. The number of piperidine rings is 1. The van der Waals surface area contributed by atoms with Crippen LogP contribution in [0.1, 0.15) is 18.4 Å². The van der Waals surface area contributed by atoms with Crippen LogP contribution >= 0.6 is 12.4 Å². The third-order valence-electron chi connectivity index (χ3n) is 4.24. The minimum Gasteiger partial charge on any atom is -0.480 e. The molecule has 0 saturated carbocycles. The number of carboxylic acid groups (broad SMARTS) is 1. The van der Waals surface area contributed by atoms with Gasteiger partial charge in [0.05, 0.1) is 17.0 Å². The third kappa shape index (κ3) is 5.12. The lowest BCUT2D eigenvalue weighted by atomic mass is 10.0. The zero-order chi connectivity index (χ0) is 17.0. The number of aliphatic carboxylic acids is 1. The molecule has 1 saturated heterocycles. The highest BCUT2D eigenvalue weighted by Crippen LogP contribution is 2.25. The van der Waals surface area contributed by atoms with Crippen LogP contribution in [0.2, 0.25) is 0 Å². The van der Waals surface area contributed by atoms with Crippen molar-refractivity contribution in [3.63, 3.8) is 0 Å². The van der Waals surface area contributed by atoms with E-state index < -0.39 is 16.7 Å². The van der Waals surface area contributed by atoms with Crippen LogP contribution in [0.5, 0.6) is 0 Å². The maximum atomic E-state index is 13.9. The van der Waals surface area contributed by atoms with E-state index in [4.69, 9.17) is 5.11 Å². The molecule has 0 bridgehead atoms. The molecule has 7 nitrogen and oxygen atoms in total. The van der Waals surface area contributed by atoms with Crippen molar-refractivity contribution in [1.29, 1.82) is 0 Å². The van der Waals surface area contributed by atoms with Crippen LogP contribution in [0.4, 0.5) is 10.1 Å². The number of likely N-dealkylation sites (tertiary alicyclic amines) is 1. The van der Waals surface area contributed by atoms with E-state index in [9.17, 15) is 19.3 Å². The second-order valence-electron chi connectivity index (χ2n) is 5.81. The Hall–Kier alpha value is -1.77. The summed E-state index contributed by atoms with van der Waals surface area (Å²) in [5.74, 6) is -1.43. The maximum Gasteiger partial charge on any atom is 0.317 e. The van der Waals surface area contributed by atoms with E-state index in [-0.39, 0.29) is 42.8 Å². The van der Waals surface area contributed by atoms with Crippen molar-refractivity contribution >= 4 is 24.1 Å². The summed E-state index contributed by atoms with van der Waals surface area (Å²) in [6.07, 6.45) is 1.51. The predicted octanol–water partition coefficient (Wildman–Crippen LogP) is 2.14. The smallest absolute Gasteiger partial charge is 0.317 e. The molecule has 24 heavy (non-hydrogen) atoms. The molecule has 0 amide bonds. The first-order valence-electron chi connectivity index (χ1n) is 7.44. The number of benzene rings is 1. The Kier molecular flexibility index (Phi) is 7.53. The van der Waals surface area contributed by atoms with E-state index in [1.807, 2.05) is 4.90 Å². The number of carboxylic acids is 1. The first kappa shape index (κ1) is 20.3. The van der Waals surface area contributed by atoms with E-state index >= 15 is 0 Å². The quantitative estimate of drug-likeness (QED) is 0.617. The number of hydrogen-bond donors (Lipinski definition) is 1. The second kappa shape index (κ2) is 8.91. The van der Waals surface area contributed by atoms with Crippen molar-refractivity contribution in [3.8, 4) is 0 Å². The van der Waals surface area contributed by atoms with Crippen molar-refractivity contribution in [1.82, 2.24) is 9.80 Å². The monoisotopic (exact) mass is 361 g/mol. The lowest BCUT2D eigenvalue weighted by Gasteiger charge is -2.36. The molecule has 0 aliphatic carbocycles. The van der Waals surface area contributed by atoms with E-state index in [1.165, 1.54) is 18.2 Å². The fourth-order valence-electron chi connectivity index (χ4n) is 2.96. The van der Waals surface area contributed by atoms with Crippen molar-refractivity contribution < 1.29 is 19.2 Å².